The number of likely N-dealkylation sites (tertiary alicyclic amines) is 1. The first-order chi connectivity index (χ1) is 9.52. The lowest BCUT2D eigenvalue weighted by Gasteiger charge is -2.35. The molecule has 5 heteroatoms. The molecular weight excluding hydrogens is 252 g/mol. The standard InChI is InChI=1S/C15H24N4O/c1-11-4-5-14(17-16)13(10-11)15(20)19-8-6-12(7-9-19)18(2)3/h4-5,10,12,17H,6-9,16H2,1-3H3. The Morgan fingerprint density at radius 1 is 1.35 bits per heavy atom. The maximum absolute atomic E-state index is 12.6. The molecule has 1 saturated heterocycles. The first kappa shape index (κ1) is 14.8. The first-order valence-corrected chi connectivity index (χ1v) is 7.06. The zero-order valence-corrected chi connectivity index (χ0v) is 12.5. The highest BCUT2D eigenvalue weighted by atomic mass is 16.2. The van der Waals surface area contributed by atoms with Crippen LogP contribution in [-0.2, 0) is 0 Å². The van der Waals surface area contributed by atoms with Gasteiger partial charge in [0.2, 0.25) is 0 Å². The van der Waals surface area contributed by atoms with Gasteiger partial charge >= 0.3 is 0 Å². The highest BCUT2D eigenvalue weighted by molar-refractivity contribution is 5.99. The van der Waals surface area contributed by atoms with E-state index in [-0.39, 0.29) is 5.91 Å². The molecular formula is C15H24N4O. The van der Waals surface area contributed by atoms with E-state index in [0.717, 1.165) is 31.5 Å². The van der Waals surface area contributed by atoms with E-state index in [1.54, 1.807) is 0 Å². The molecule has 0 aromatic heterocycles. The Kier molecular flexibility index (Phi) is 4.62. The molecule has 0 bridgehead atoms. The second kappa shape index (κ2) is 6.24. The number of rotatable bonds is 3. The summed E-state index contributed by atoms with van der Waals surface area (Å²) >= 11 is 0. The Morgan fingerprint density at radius 3 is 2.55 bits per heavy atom. The number of hydrogen-bond donors (Lipinski definition) is 2. The van der Waals surface area contributed by atoms with Gasteiger partial charge in [-0.15, -0.1) is 0 Å². The monoisotopic (exact) mass is 276 g/mol. The number of hydrazine groups is 1. The van der Waals surface area contributed by atoms with Crippen molar-refractivity contribution in [2.75, 3.05) is 32.6 Å². The lowest BCUT2D eigenvalue weighted by atomic mass is 10.0. The molecule has 0 spiro atoms. The van der Waals surface area contributed by atoms with Crippen LogP contribution in [0.3, 0.4) is 0 Å². The Hall–Kier alpha value is -1.59. The van der Waals surface area contributed by atoms with Gasteiger partial charge in [0.05, 0.1) is 11.3 Å². The van der Waals surface area contributed by atoms with Crippen LogP contribution >= 0.6 is 0 Å². The van der Waals surface area contributed by atoms with Crippen LogP contribution in [0.5, 0.6) is 0 Å². The van der Waals surface area contributed by atoms with Crippen LogP contribution in [0.15, 0.2) is 18.2 Å². The highest BCUT2D eigenvalue weighted by Crippen LogP contribution is 2.21. The molecule has 1 aliphatic heterocycles. The Morgan fingerprint density at radius 2 is 2.00 bits per heavy atom. The molecule has 0 unspecified atom stereocenters. The van der Waals surface area contributed by atoms with Crippen molar-refractivity contribution in [2.45, 2.75) is 25.8 Å². The fourth-order valence-electron chi connectivity index (χ4n) is 2.72. The molecule has 3 N–H and O–H groups in total. The predicted octanol–water partition coefficient (Wildman–Crippen LogP) is 1.45. The number of nitrogens with two attached hydrogens (primary N) is 1. The number of carbonyl (C=O) groups excluding carboxylic acids is 1. The Bertz CT molecular complexity index is 479. The number of nitrogen functional groups attached to an aromatic ring is 1. The average molecular weight is 276 g/mol. The van der Waals surface area contributed by atoms with Gasteiger partial charge in [0, 0.05) is 19.1 Å². The third-order valence-electron chi connectivity index (χ3n) is 4.04. The van der Waals surface area contributed by atoms with E-state index in [2.05, 4.69) is 24.4 Å². The van der Waals surface area contributed by atoms with Gasteiger partial charge in [0.25, 0.3) is 5.91 Å². The molecule has 1 aromatic carbocycles. The molecule has 0 aliphatic carbocycles. The van der Waals surface area contributed by atoms with Crippen molar-refractivity contribution in [3.05, 3.63) is 29.3 Å². The van der Waals surface area contributed by atoms with E-state index in [9.17, 15) is 4.79 Å². The fourth-order valence-corrected chi connectivity index (χ4v) is 2.72. The molecule has 20 heavy (non-hydrogen) atoms. The molecule has 1 fully saturated rings. The number of carbonyl (C=O) groups is 1. The van der Waals surface area contributed by atoms with E-state index in [1.165, 1.54) is 0 Å². The van der Waals surface area contributed by atoms with Gasteiger partial charge in [0.1, 0.15) is 0 Å². The van der Waals surface area contributed by atoms with Crippen LogP contribution in [0.4, 0.5) is 5.69 Å². The highest BCUT2D eigenvalue weighted by Gasteiger charge is 2.25. The predicted molar refractivity (Wildman–Crippen MR) is 81.6 cm³/mol. The zero-order chi connectivity index (χ0) is 14.7. The molecule has 1 aromatic rings. The molecule has 110 valence electrons. The van der Waals surface area contributed by atoms with Gasteiger partial charge < -0.3 is 15.2 Å². The average Bonchev–Trinajstić information content (AvgIpc) is 2.46. The molecule has 0 saturated carbocycles. The summed E-state index contributed by atoms with van der Waals surface area (Å²) in [6.45, 7) is 3.59. The molecule has 1 heterocycles. The van der Waals surface area contributed by atoms with Crippen molar-refractivity contribution in [3.63, 3.8) is 0 Å². The van der Waals surface area contributed by atoms with Gasteiger partial charge in [0.15, 0.2) is 0 Å². The van der Waals surface area contributed by atoms with Crippen LogP contribution in [-0.4, -0.2) is 48.9 Å². The second-order valence-corrected chi connectivity index (χ2v) is 5.68. The van der Waals surface area contributed by atoms with Gasteiger partial charge in [-0.05, 0) is 46.0 Å². The molecule has 1 amide bonds. The van der Waals surface area contributed by atoms with Crippen LogP contribution < -0.4 is 11.3 Å². The molecule has 2 rings (SSSR count). The van der Waals surface area contributed by atoms with Gasteiger partial charge in [-0.25, -0.2) is 0 Å². The van der Waals surface area contributed by atoms with Crippen LogP contribution in [0.1, 0.15) is 28.8 Å². The number of hydrogen-bond acceptors (Lipinski definition) is 4. The molecule has 0 radical (unpaired) electrons. The third-order valence-corrected chi connectivity index (χ3v) is 4.04. The van der Waals surface area contributed by atoms with Crippen LogP contribution in [0, 0.1) is 6.92 Å². The summed E-state index contributed by atoms with van der Waals surface area (Å²) in [5, 5.41) is 0. The first-order valence-electron chi connectivity index (χ1n) is 7.06. The Balaban J connectivity index is 2.11. The molecule has 1 aliphatic rings. The smallest absolute Gasteiger partial charge is 0.256 e. The summed E-state index contributed by atoms with van der Waals surface area (Å²) < 4.78 is 0. The topological polar surface area (TPSA) is 61.6 Å². The normalized spacial score (nSPS) is 16.6. The second-order valence-electron chi connectivity index (χ2n) is 5.68. The minimum Gasteiger partial charge on any atom is -0.338 e. The van der Waals surface area contributed by atoms with E-state index in [1.807, 2.05) is 30.0 Å². The van der Waals surface area contributed by atoms with Crippen LogP contribution in [0.25, 0.3) is 0 Å². The Labute approximate surface area is 120 Å². The van der Waals surface area contributed by atoms with Crippen molar-refractivity contribution in [1.82, 2.24) is 9.80 Å². The lowest BCUT2D eigenvalue weighted by Crippen LogP contribution is -2.44. The van der Waals surface area contributed by atoms with Crippen molar-refractivity contribution in [2.24, 2.45) is 5.84 Å². The summed E-state index contributed by atoms with van der Waals surface area (Å²) in [6.07, 6.45) is 2.05. The summed E-state index contributed by atoms with van der Waals surface area (Å²) in [6, 6.07) is 6.28. The molecule has 0 atom stereocenters. The minimum absolute atomic E-state index is 0.0684. The van der Waals surface area contributed by atoms with Crippen molar-refractivity contribution in [1.29, 1.82) is 0 Å². The number of piperidine rings is 1. The third kappa shape index (κ3) is 3.11. The van der Waals surface area contributed by atoms with E-state index in [0.29, 0.717) is 17.3 Å². The number of nitrogens with one attached hydrogen (secondary N) is 1. The summed E-state index contributed by atoms with van der Waals surface area (Å²) in [5.41, 5.74) is 5.03. The van der Waals surface area contributed by atoms with Gasteiger partial charge in [-0.2, -0.15) is 0 Å². The van der Waals surface area contributed by atoms with E-state index < -0.39 is 0 Å². The number of aryl methyl sites for hydroxylation is 1. The maximum atomic E-state index is 12.6. The number of anilines is 1. The lowest BCUT2D eigenvalue weighted by molar-refractivity contribution is 0.0664. The summed E-state index contributed by atoms with van der Waals surface area (Å²) in [7, 11) is 4.19. The van der Waals surface area contributed by atoms with Crippen LogP contribution in [0.2, 0.25) is 0 Å². The van der Waals surface area contributed by atoms with Crippen molar-refractivity contribution >= 4 is 11.6 Å². The summed E-state index contributed by atoms with van der Waals surface area (Å²) in [4.78, 5) is 16.8. The van der Waals surface area contributed by atoms with Gasteiger partial charge in [-0.1, -0.05) is 11.6 Å². The van der Waals surface area contributed by atoms with Crippen molar-refractivity contribution in [3.8, 4) is 0 Å². The zero-order valence-electron chi connectivity index (χ0n) is 12.5. The number of nitrogens with zero attached hydrogens (tertiary/aromatic N) is 2. The van der Waals surface area contributed by atoms with E-state index >= 15 is 0 Å². The number of benzene rings is 1. The minimum atomic E-state index is 0.0684. The summed E-state index contributed by atoms with van der Waals surface area (Å²) in [5.74, 6) is 5.57. The van der Waals surface area contributed by atoms with E-state index in [4.69, 9.17) is 5.84 Å². The fraction of sp³-hybridized carbons (Fsp3) is 0.533. The number of amides is 1. The maximum Gasteiger partial charge on any atom is 0.256 e. The van der Waals surface area contributed by atoms with Crippen molar-refractivity contribution < 1.29 is 4.79 Å². The largest absolute Gasteiger partial charge is 0.338 e. The SMILES string of the molecule is Cc1ccc(NN)c(C(=O)N2CCC(N(C)C)CC2)c1. The molecule has 5 nitrogen and oxygen atoms in total. The quantitative estimate of drug-likeness (QED) is 0.648. The van der Waals surface area contributed by atoms with Gasteiger partial charge in [-0.3, -0.25) is 10.6 Å².